The van der Waals surface area contributed by atoms with E-state index in [4.69, 9.17) is 23.2 Å². The van der Waals surface area contributed by atoms with Crippen molar-refractivity contribution in [3.63, 3.8) is 0 Å². The van der Waals surface area contributed by atoms with E-state index in [1.165, 1.54) is 0 Å². The molecule has 2 aromatic carbocycles. The maximum Gasteiger partial charge on any atom is 0.242 e. The van der Waals surface area contributed by atoms with Crippen LogP contribution in [0, 0.1) is 0 Å². The Bertz CT molecular complexity index is 761. The maximum absolute atomic E-state index is 13.1. The number of nitrogens with zero attached hydrogens (tertiary/aromatic N) is 1. The summed E-state index contributed by atoms with van der Waals surface area (Å²) in [6.07, 6.45) is 1.24. The summed E-state index contributed by atoms with van der Waals surface area (Å²) in [6.45, 7) is 2.34. The molecule has 0 bridgehead atoms. The second-order valence-corrected chi connectivity index (χ2v) is 7.05. The number of carbonyl (C=O) groups is 2. The van der Waals surface area contributed by atoms with E-state index in [9.17, 15) is 9.59 Å². The van der Waals surface area contributed by atoms with Crippen molar-refractivity contribution in [1.82, 2.24) is 10.2 Å². The molecule has 0 heterocycles. The van der Waals surface area contributed by atoms with E-state index in [-0.39, 0.29) is 18.2 Å². The maximum atomic E-state index is 13.1. The number of amides is 2. The van der Waals surface area contributed by atoms with Gasteiger partial charge in [-0.3, -0.25) is 9.59 Å². The highest BCUT2D eigenvalue weighted by molar-refractivity contribution is 6.36. The van der Waals surface area contributed by atoms with Crippen LogP contribution >= 0.6 is 23.2 Å². The number of nitrogens with one attached hydrogen (secondary N) is 1. The van der Waals surface area contributed by atoms with Gasteiger partial charge < -0.3 is 10.2 Å². The molecule has 0 aromatic heterocycles. The Morgan fingerprint density at radius 1 is 1.04 bits per heavy atom. The fourth-order valence-corrected chi connectivity index (χ4v) is 3.55. The van der Waals surface area contributed by atoms with Crippen LogP contribution in [0.4, 0.5) is 0 Å². The van der Waals surface area contributed by atoms with Gasteiger partial charge in [-0.15, -0.1) is 0 Å². The van der Waals surface area contributed by atoms with Crippen molar-refractivity contribution in [2.24, 2.45) is 0 Å². The zero-order valence-corrected chi connectivity index (χ0v) is 17.1. The van der Waals surface area contributed by atoms with Crippen molar-refractivity contribution in [1.29, 1.82) is 0 Å². The van der Waals surface area contributed by atoms with Crippen molar-refractivity contribution in [3.8, 4) is 0 Å². The largest absolute Gasteiger partial charge is 0.357 e. The van der Waals surface area contributed by atoms with Gasteiger partial charge in [0.25, 0.3) is 0 Å². The molecule has 0 aliphatic carbocycles. The SMILES string of the molecule is CC[C@H](C(=O)NC)N(CCc1ccccc1)C(=O)Cc1c(Cl)cccc1Cl. The first-order valence-corrected chi connectivity index (χ1v) is 9.71. The van der Waals surface area contributed by atoms with E-state index in [0.29, 0.717) is 35.0 Å². The van der Waals surface area contributed by atoms with Gasteiger partial charge in [-0.1, -0.05) is 66.5 Å². The van der Waals surface area contributed by atoms with E-state index in [0.717, 1.165) is 5.56 Å². The first kappa shape index (κ1) is 21.3. The summed E-state index contributed by atoms with van der Waals surface area (Å²) in [7, 11) is 1.58. The molecule has 0 unspecified atom stereocenters. The lowest BCUT2D eigenvalue weighted by molar-refractivity contribution is -0.140. The summed E-state index contributed by atoms with van der Waals surface area (Å²) in [4.78, 5) is 27.0. The van der Waals surface area contributed by atoms with Crippen LogP contribution < -0.4 is 5.32 Å². The van der Waals surface area contributed by atoms with Gasteiger partial charge in [0.2, 0.25) is 11.8 Å². The van der Waals surface area contributed by atoms with Crippen LogP contribution in [0.15, 0.2) is 48.5 Å². The Morgan fingerprint density at radius 3 is 2.22 bits per heavy atom. The van der Waals surface area contributed by atoms with Crippen LogP contribution in [-0.4, -0.2) is 36.3 Å². The molecule has 4 nitrogen and oxygen atoms in total. The normalized spacial score (nSPS) is 11.7. The lowest BCUT2D eigenvalue weighted by Gasteiger charge is -2.30. The van der Waals surface area contributed by atoms with Crippen molar-refractivity contribution >= 4 is 35.0 Å². The molecule has 2 aromatic rings. The summed E-state index contributed by atoms with van der Waals surface area (Å²) in [5.41, 5.74) is 1.69. The monoisotopic (exact) mass is 406 g/mol. The molecular formula is C21H24Cl2N2O2. The molecule has 2 amide bonds. The van der Waals surface area contributed by atoms with E-state index in [1.807, 2.05) is 37.3 Å². The van der Waals surface area contributed by atoms with Crippen LogP contribution in [0.5, 0.6) is 0 Å². The van der Waals surface area contributed by atoms with Gasteiger partial charge in [0.15, 0.2) is 0 Å². The Labute approximate surface area is 170 Å². The number of likely N-dealkylation sites (N-methyl/N-ethyl adjacent to an activating group) is 1. The van der Waals surface area contributed by atoms with Crippen molar-refractivity contribution < 1.29 is 9.59 Å². The van der Waals surface area contributed by atoms with Gasteiger partial charge in [-0.05, 0) is 36.1 Å². The molecule has 1 N–H and O–H groups in total. The molecule has 0 aliphatic heterocycles. The molecule has 0 aliphatic rings. The van der Waals surface area contributed by atoms with Crippen LogP contribution in [0.2, 0.25) is 10.0 Å². The molecule has 27 heavy (non-hydrogen) atoms. The number of benzene rings is 2. The van der Waals surface area contributed by atoms with Gasteiger partial charge in [0.05, 0.1) is 6.42 Å². The van der Waals surface area contributed by atoms with Crippen LogP contribution in [0.3, 0.4) is 0 Å². The molecule has 2 rings (SSSR count). The van der Waals surface area contributed by atoms with Gasteiger partial charge >= 0.3 is 0 Å². The van der Waals surface area contributed by atoms with E-state index in [2.05, 4.69) is 5.32 Å². The zero-order chi connectivity index (χ0) is 19.8. The number of hydrogen-bond donors (Lipinski definition) is 1. The number of rotatable bonds is 8. The second kappa shape index (κ2) is 10.3. The molecule has 0 radical (unpaired) electrons. The Morgan fingerprint density at radius 2 is 1.67 bits per heavy atom. The fraction of sp³-hybridized carbons (Fsp3) is 0.333. The first-order valence-electron chi connectivity index (χ1n) is 8.95. The van der Waals surface area contributed by atoms with E-state index >= 15 is 0 Å². The van der Waals surface area contributed by atoms with Gasteiger partial charge in [-0.2, -0.15) is 0 Å². The van der Waals surface area contributed by atoms with E-state index in [1.54, 1.807) is 30.1 Å². The minimum absolute atomic E-state index is 0.0563. The highest BCUT2D eigenvalue weighted by atomic mass is 35.5. The molecule has 0 saturated heterocycles. The number of hydrogen-bond acceptors (Lipinski definition) is 2. The number of carbonyl (C=O) groups excluding carboxylic acids is 2. The smallest absolute Gasteiger partial charge is 0.242 e. The topological polar surface area (TPSA) is 49.4 Å². The molecule has 6 heteroatoms. The Kier molecular flexibility index (Phi) is 8.14. The average molecular weight is 407 g/mol. The quantitative estimate of drug-likeness (QED) is 0.716. The lowest BCUT2D eigenvalue weighted by atomic mass is 10.1. The van der Waals surface area contributed by atoms with Crippen LogP contribution in [0.1, 0.15) is 24.5 Å². The molecule has 0 spiro atoms. The molecule has 0 fully saturated rings. The third kappa shape index (κ3) is 5.72. The van der Waals surface area contributed by atoms with Gasteiger partial charge in [-0.25, -0.2) is 0 Å². The van der Waals surface area contributed by atoms with Gasteiger partial charge in [0, 0.05) is 23.6 Å². The molecule has 144 valence electrons. The van der Waals surface area contributed by atoms with Crippen LogP contribution in [0.25, 0.3) is 0 Å². The predicted octanol–water partition coefficient (Wildman–Crippen LogP) is 4.13. The summed E-state index contributed by atoms with van der Waals surface area (Å²) in [5.74, 6) is -0.347. The standard InChI is InChI=1S/C21H24Cl2N2O2/c1-3-19(21(27)24-2)25(13-12-15-8-5-4-6-9-15)20(26)14-16-17(22)10-7-11-18(16)23/h4-11,19H,3,12-14H2,1-2H3,(H,24,27)/t19-/m1/s1. The van der Waals surface area contributed by atoms with Crippen molar-refractivity contribution in [2.75, 3.05) is 13.6 Å². The third-order valence-electron chi connectivity index (χ3n) is 4.51. The van der Waals surface area contributed by atoms with E-state index < -0.39 is 6.04 Å². The summed E-state index contributed by atoms with van der Waals surface area (Å²) < 4.78 is 0. The first-order chi connectivity index (χ1) is 13.0. The third-order valence-corrected chi connectivity index (χ3v) is 5.21. The minimum atomic E-state index is -0.535. The highest BCUT2D eigenvalue weighted by Crippen LogP contribution is 2.25. The van der Waals surface area contributed by atoms with Crippen molar-refractivity contribution in [3.05, 3.63) is 69.7 Å². The fourth-order valence-electron chi connectivity index (χ4n) is 3.02. The Balaban J connectivity index is 2.24. The minimum Gasteiger partial charge on any atom is -0.357 e. The summed E-state index contributed by atoms with van der Waals surface area (Å²) in [5, 5.41) is 3.55. The Hall–Kier alpha value is -2.04. The van der Waals surface area contributed by atoms with Crippen LogP contribution in [-0.2, 0) is 22.4 Å². The molecule has 1 atom stereocenters. The average Bonchev–Trinajstić information content (AvgIpc) is 2.68. The second-order valence-electron chi connectivity index (χ2n) is 6.24. The van der Waals surface area contributed by atoms with Crippen molar-refractivity contribution in [2.45, 2.75) is 32.2 Å². The highest BCUT2D eigenvalue weighted by Gasteiger charge is 2.28. The molecule has 0 saturated carbocycles. The summed E-state index contributed by atoms with van der Waals surface area (Å²) in [6, 6.07) is 14.5. The number of halogens is 2. The lowest BCUT2D eigenvalue weighted by Crippen LogP contribution is -2.49. The summed E-state index contributed by atoms with van der Waals surface area (Å²) >= 11 is 12.4. The molecular weight excluding hydrogens is 383 g/mol. The predicted molar refractivity (Wildman–Crippen MR) is 110 cm³/mol. The van der Waals surface area contributed by atoms with Gasteiger partial charge in [0.1, 0.15) is 6.04 Å². The zero-order valence-electron chi connectivity index (χ0n) is 15.5.